The first-order chi connectivity index (χ1) is 7.78. The Morgan fingerprint density at radius 2 is 2.31 bits per heavy atom. The minimum Gasteiger partial charge on any atom is -0.383 e. The Bertz CT molecular complexity index is 379. The SMILES string of the molecule is CCC1(CNc2ccc(C#N)nc2)CCC1. The number of aromatic nitrogens is 1. The third-order valence-electron chi connectivity index (χ3n) is 3.71. The Morgan fingerprint density at radius 3 is 2.75 bits per heavy atom. The molecule has 0 spiro atoms. The lowest BCUT2D eigenvalue weighted by atomic mass is 9.67. The molecule has 1 aliphatic carbocycles. The van der Waals surface area contributed by atoms with Crippen LogP contribution in [-0.4, -0.2) is 11.5 Å². The minimum absolute atomic E-state index is 0.472. The standard InChI is InChI=1S/C13H17N3/c1-2-13(6-3-7-13)10-16-12-5-4-11(8-14)15-9-12/h4-5,9,16H,2-3,6-7,10H2,1H3. The van der Waals surface area contributed by atoms with Crippen LogP contribution in [0.15, 0.2) is 18.3 Å². The number of rotatable bonds is 4. The number of hydrogen-bond acceptors (Lipinski definition) is 3. The Morgan fingerprint density at radius 1 is 1.50 bits per heavy atom. The molecule has 1 aliphatic rings. The number of anilines is 1. The zero-order valence-electron chi connectivity index (χ0n) is 9.66. The molecule has 1 fully saturated rings. The molecule has 0 atom stereocenters. The largest absolute Gasteiger partial charge is 0.383 e. The highest BCUT2D eigenvalue weighted by molar-refractivity contribution is 5.42. The zero-order valence-corrected chi connectivity index (χ0v) is 9.66. The molecule has 0 aromatic carbocycles. The second kappa shape index (κ2) is 4.52. The molecule has 0 saturated heterocycles. The lowest BCUT2D eigenvalue weighted by Crippen LogP contribution is -2.35. The van der Waals surface area contributed by atoms with Crippen LogP contribution in [0.3, 0.4) is 0 Å². The maximum absolute atomic E-state index is 8.64. The summed E-state index contributed by atoms with van der Waals surface area (Å²) in [5, 5.41) is 12.1. The molecule has 2 rings (SSSR count). The summed E-state index contributed by atoms with van der Waals surface area (Å²) >= 11 is 0. The van der Waals surface area contributed by atoms with Crippen molar-refractivity contribution in [3.05, 3.63) is 24.0 Å². The summed E-state index contributed by atoms with van der Waals surface area (Å²) in [6, 6.07) is 5.70. The third kappa shape index (κ3) is 2.16. The van der Waals surface area contributed by atoms with Crippen molar-refractivity contribution in [3.8, 4) is 6.07 Å². The maximum Gasteiger partial charge on any atom is 0.140 e. The average molecular weight is 215 g/mol. The fraction of sp³-hybridized carbons (Fsp3) is 0.538. The van der Waals surface area contributed by atoms with Gasteiger partial charge in [0.15, 0.2) is 0 Å². The van der Waals surface area contributed by atoms with E-state index in [0.717, 1.165) is 12.2 Å². The fourth-order valence-corrected chi connectivity index (χ4v) is 2.19. The number of nitrogens with zero attached hydrogens (tertiary/aromatic N) is 2. The van der Waals surface area contributed by atoms with Crippen LogP contribution in [0, 0.1) is 16.7 Å². The van der Waals surface area contributed by atoms with Gasteiger partial charge in [-0.1, -0.05) is 13.3 Å². The van der Waals surface area contributed by atoms with E-state index in [2.05, 4.69) is 17.2 Å². The van der Waals surface area contributed by atoms with E-state index < -0.39 is 0 Å². The van der Waals surface area contributed by atoms with Gasteiger partial charge in [-0.15, -0.1) is 0 Å². The highest BCUT2D eigenvalue weighted by Crippen LogP contribution is 2.43. The van der Waals surface area contributed by atoms with Crippen LogP contribution >= 0.6 is 0 Å². The molecule has 0 bridgehead atoms. The van der Waals surface area contributed by atoms with E-state index in [1.807, 2.05) is 12.1 Å². The van der Waals surface area contributed by atoms with Crippen LogP contribution in [0.4, 0.5) is 5.69 Å². The van der Waals surface area contributed by atoms with Crippen LogP contribution < -0.4 is 5.32 Å². The highest BCUT2D eigenvalue weighted by atomic mass is 14.9. The van der Waals surface area contributed by atoms with Crippen LogP contribution in [0.5, 0.6) is 0 Å². The van der Waals surface area contributed by atoms with Crippen molar-refractivity contribution >= 4 is 5.69 Å². The molecule has 1 saturated carbocycles. The predicted octanol–water partition coefficient (Wildman–Crippen LogP) is 2.95. The van der Waals surface area contributed by atoms with Gasteiger partial charge in [-0.05, 0) is 36.8 Å². The van der Waals surface area contributed by atoms with E-state index in [9.17, 15) is 0 Å². The molecule has 3 heteroatoms. The Kier molecular flexibility index (Phi) is 3.09. The molecule has 0 amide bonds. The summed E-state index contributed by atoms with van der Waals surface area (Å²) in [6.07, 6.45) is 7.01. The van der Waals surface area contributed by atoms with Gasteiger partial charge in [0.25, 0.3) is 0 Å². The lowest BCUT2D eigenvalue weighted by Gasteiger charge is -2.41. The normalized spacial score (nSPS) is 17.2. The van der Waals surface area contributed by atoms with E-state index in [-0.39, 0.29) is 0 Å². The van der Waals surface area contributed by atoms with Gasteiger partial charge in [0.05, 0.1) is 11.9 Å². The second-order valence-corrected chi connectivity index (χ2v) is 4.60. The van der Waals surface area contributed by atoms with E-state index in [0.29, 0.717) is 11.1 Å². The van der Waals surface area contributed by atoms with E-state index in [1.54, 1.807) is 12.3 Å². The second-order valence-electron chi connectivity index (χ2n) is 4.60. The maximum atomic E-state index is 8.64. The molecular weight excluding hydrogens is 198 g/mol. The Balaban J connectivity index is 1.92. The van der Waals surface area contributed by atoms with Gasteiger partial charge >= 0.3 is 0 Å². The monoisotopic (exact) mass is 215 g/mol. The quantitative estimate of drug-likeness (QED) is 0.840. The van der Waals surface area contributed by atoms with Crippen molar-refractivity contribution in [2.45, 2.75) is 32.6 Å². The van der Waals surface area contributed by atoms with Crippen LogP contribution in [-0.2, 0) is 0 Å². The van der Waals surface area contributed by atoms with Crippen LogP contribution in [0.25, 0.3) is 0 Å². The molecule has 16 heavy (non-hydrogen) atoms. The van der Waals surface area contributed by atoms with E-state index >= 15 is 0 Å². The van der Waals surface area contributed by atoms with E-state index in [4.69, 9.17) is 5.26 Å². The molecule has 0 unspecified atom stereocenters. The summed E-state index contributed by atoms with van der Waals surface area (Å²) in [5.41, 5.74) is 1.99. The smallest absolute Gasteiger partial charge is 0.140 e. The minimum atomic E-state index is 0.472. The average Bonchev–Trinajstić information content (AvgIpc) is 2.29. The van der Waals surface area contributed by atoms with Crippen LogP contribution in [0.2, 0.25) is 0 Å². The number of nitrogens with one attached hydrogen (secondary N) is 1. The summed E-state index contributed by atoms with van der Waals surface area (Å²) < 4.78 is 0. The van der Waals surface area contributed by atoms with Gasteiger partial charge < -0.3 is 5.32 Å². The summed E-state index contributed by atoms with van der Waals surface area (Å²) in [7, 11) is 0. The number of pyridine rings is 1. The highest BCUT2D eigenvalue weighted by Gasteiger charge is 2.34. The Labute approximate surface area is 96.5 Å². The zero-order chi connectivity index (χ0) is 11.4. The first kappa shape index (κ1) is 10.9. The van der Waals surface area contributed by atoms with Gasteiger partial charge in [0.2, 0.25) is 0 Å². The number of hydrogen-bond donors (Lipinski definition) is 1. The molecular formula is C13H17N3. The van der Waals surface area contributed by atoms with Crippen molar-refractivity contribution < 1.29 is 0 Å². The van der Waals surface area contributed by atoms with Gasteiger partial charge in [0, 0.05) is 6.54 Å². The van der Waals surface area contributed by atoms with Crippen LogP contribution in [0.1, 0.15) is 38.3 Å². The Hall–Kier alpha value is -1.56. The first-order valence-corrected chi connectivity index (χ1v) is 5.88. The summed E-state index contributed by atoms with van der Waals surface area (Å²) in [5.74, 6) is 0. The molecule has 1 aromatic rings. The van der Waals surface area contributed by atoms with Gasteiger partial charge in [-0.25, -0.2) is 4.98 Å². The van der Waals surface area contributed by atoms with Crippen molar-refractivity contribution in [2.75, 3.05) is 11.9 Å². The summed E-state index contributed by atoms with van der Waals surface area (Å²) in [6.45, 7) is 3.29. The van der Waals surface area contributed by atoms with Crippen molar-refractivity contribution in [2.24, 2.45) is 5.41 Å². The van der Waals surface area contributed by atoms with Crippen molar-refractivity contribution in [1.29, 1.82) is 5.26 Å². The fourth-order valence-electron chi connectivity index (χ4n) is 2.19. The molecule has 1 aromatic heterocycles. The topological polar surface area (TPSA) is 48.7 Å². The first-order valence-electron chi connectivity index (χ1n) is 5.88. The lowest BCUT2D eigenvalue weighted by molar-refractivity contribution is 0.145. The summed E-state index contributed by atoms with van der Waals surface area (Å²) in [4.78, 5) is 4.04. The number of nitriles is 1. The molecule has 84 valence electrons. The molecule has 1 N–H and O–H groups in total. The van der Waals surface area contributed by atoms with Gasteiger partial charge in [-0.3, -0.25) is 0 Å². The van der Waals surface area contributed by atoms with Crippen molar-refractivity contribution in [1.82, 2.24) is 4.98 Å². The van der Waals surface area contributed by atoms with Crippen molar-refractivity contribution in [3.63, 3.8) is 0 Å². The molecule has 0 radical (unpaired) electrons. The molecule has 3 nitrogen and oxygen atoms in total. The van der Waals surface area contributed by atoms with E-state index in [1.165, 1.54) is 25.7 Å². The predicted molar refractivity (Wildman–Crippen MR) is 64.0 cm³/mol. The van der Waals surface area contributed by atoms with Gasteiger partial charge in [0.1, 0.15) is 11.8 Å². The molecule has 0 aliphatic heterocycles. The molecule has 1 heterocycles. The third-order valence-corrected chi connectivity index (χ3v) is 3.71. The van der Waals surface area contributed by atoms with Gasteiger partial charge in [-0.2, -0.15) is 5.26 Å².